The molecule has 0 aliphatic rings. The molecule has 0 saturated carbocycles. The number of hydrogen-bond donors (Lipinski definition) is 3. The number of carboxylic acids is 1. The maximum atomic E-state index is 11.9. The third kappa shape index (κ3) is 6.72. The minimum Gasteiger partial charge on any atom is -0.481 e. The Bertz CT molecular complexity index is 323. The zero-order chi connectivity index (χ0) is 14.3. The number of rotatable bonds is 6. The van der Waals surface area contributed by atoms with Crippen molar-refractivity contribution < 1.29 is 19.5 Å². The molecule has 0 aliphatic carbocycles. The van der Waals surface area contributed by atoms with E-state index in [4.69, 9.17) is 10.8 Å². The Labute approximate surface area is 106 Å². The molecule has 7 nitrogen and oxygen atoms in total. The molecule has 0 bridgehead atoms. The van der Waals surface area contributed by atoms with Crippen LogP contribution in [-0.4, -0.2) is 46.5 Å². The summed E-state index contributed by atoms with van der Waals surface area (Å²) in [7, 11) is 0. The lowest BCUT2D eigenvalue weighted by molar-refractivity contribution is -0.137. The topological polar surface area (TPSA) is 113 Å². The van der Waals surface area contributed by atoms with Crippen LogP contribution in [0.4, 0.5) is 4.79 Å². The number of carbonyl (C=O) groups excluding carboxylic acids is 2. The molecule has 0 aromatic carbocycles. The number of urea groups is 1. The smallest absolute Gasteiger partial charge is 0.317 e. The minimum absolute atomic E-state index is 0.0582. The zero-order valence-corrected chi connectivity index (χ0v) is 11.0. The molecule has 0 aromatic rings. The number of nitrogens with zero attached hydrogens (tertiary/aromatic N) is 1. The van der Waals surface area contributed by atoms with Crippen LogP contribution in [-0.2, 0) is 9.59 Å². The van der Waals surface area contributed by atoms with Crippen LogP contribution in [0.5, 0.6) is 0 Å². The Balaban J connectivity index is 4.41. The molecule has 7 heteroatoms. The third-order valence-corrected chi connectivity index (χ3v) is 2.25. The lowest BCUT2D eigenvalue weighted by Crippen LogP contribution is -2.51. The Kier molecular flexibility index (Phi) is 6.15. The van der Waals surface area contributed by atoms with E-state index in [1.165, 1.54) is 4.90 Å². The fourth-order valence-electron chi connectivity index (χ4n) is 1.34. The van der Waals surface area contributed by atoms with E-state index in [1.54, 1.807) is 0 Å². The molecular weight excluding hydrogens is 238 g/mol. The number of nitrogens with one attached hydrogen (secondary N) is 1. The number of carboxylic acid groups (broad SMARTS) is 1. The monoisotopic (exact) mass is 259 g/mol. The third-order valence-electron chi connectivity index (χ3n) is 2.25. The van der Waals surface area contributed by atoms with Gasteiger partial charge in [-0.2, -0.15) is 0 Å². The van der Waals surface area contributed by atoms with Gasteiger partial charge in [0.2, 0.25) is 5.91 Å². The van der Waals surface area contributed by atoms with Crippen LogP contribution in [0, 0.1) is 0 Å². The van der Waals surface area contributed by atoms with Crippen molar-refractivity contribution in [3.8, 4) is 0 Å². The van der Waals surface area contributed by atoms with Gasteiger partial charge in [0.1, 0.15) is 0 Å². The van der Waals surface area contributed by atoms with E-state index in [0.29, 0.717) is 0 Å². The molecule has 0 atom stereocenters. The number of amides is 3. The highest BCUT2D eigenvalue weighted by Crippen LogP contribution is 2.13. The van der Waals surface area contributed by atoms with Crippen molar-refractivity contribution in [2.24, 2.45) is 5.73 Å². The maximum Gasteiger partial charge on any atom is 0.317 e. The Hall–Kier alpha value is -1.79. The van der Waals surface area contributed by atoms with Gasteiger partial charge in [-0.3, -0.25) is 9.59 Å². The summed E-state index contributed by atoms with van der Waals surface area (Å²) in [6.07, 6.45) is -0.0663. The van der Waals surface area contributed by atoms with Crippen LogP contribution in [0.25, 0.3) is 0 Å². The molecule has 0 saturated heterocycles. The first-order chi connectivity index (χ1) is 8.14. The average Bonchev–Trinajstić information content (AvgIpc) is 2.14. The second-order valence-electron chi connectivity index (χ2n) is 4.91. The Morgan fingerprint density at radius 3 is 2.17 bits per heavy atom. The number of carbonyl (C=O) groups is 3. The van der Waals surface area contributed by atoms with E-state index in [2.05, 4.69) is 5.32 Å². The second kappa shape index (κ2) is 6.83. The van der Waals surface area contributed by atoms with E-state index in [0.717, 1.165) is 0 Å². The van der Waals surface area contributed by atoms with Crippen LogP contribution in [0.3, 0.4) is 0 Å². The van der Waals surface area contributed by atoms with Gasteiger partial charge in [-0.15, -0.1) is 0 Å². The molecule has 0 spiro atoms. The Morgan fingerprint density at radius 2 is 1.78 bits per heavy atom. The van der Waals surface area contributed by atoms with Crippen molar-refractivity contribution in [1.29, 1.82) is 0 Å². The summed E-state index contributed by atoms with van der Waals surface area (Å²) in [5.41, 5.74) is 4.46. The summed E-state index contributed by atoms with van der Waals surface area (Å²) in [4.78, 5) is 34.4. The maximum absolute atomic E-state index is 11.9. The van der Waals surface area contributed by atoms with Gasteiger partial charge >= 0.3 is 12.0 Å². The van der Waals surface area contributed by atoms with E-state index < -0.39 is 23.4 Å². The van der Waals surface area contributed by atoms with Crippen molar-refractivity contribution in [3.05, 3.63) is 0 Å². The lowest BCUT2D eigenvalue weighted by Gasteiger charge is -2.35. The number of primary amides is 1. The van der Waals surface area contributed by atoms with Crippen molar-refractivity contribution in [3.63, 3.8) is 0 Å². The minimum atomic E-state index is -0.964. The van der Waals surface area contributed by atoms with Crippen molar-refractivity contribution in [2.45, 2.75) is 39.2 Å². The van der Waals surface area contributed by atoms with Crippen molar-refractivity contribution in [1.82, 2.24) is 10.2 Å². The lowest BCUT2D eigenvalue weighted by atomic mass is 10.1. The first kappa shape index (κ1) is 16.2. The summed E-state index contributed by atoms with van der Waals surface area (Å²) in [5, 5.41) is 11.2. The van der Waals surface area contributed by atoms with Crippen LogP contribution >= 0.6 is 0 Å². The number of nitrogens with two attached hydrogens (primary N) is 1. The second-order valence-corrected chi connectivity index (χ2v) is 4.91. The summed E-state index contributed by atoms with van der Waals surface area (Å²) in [6, 6.07) is -0.398. The van der Waals surface area contributed by atoms with Crippen LogP contribution in [0.2, 0.25) is 0 Å². The van der Waals surface area contributed by atoms with Gasteiger partial charge in [-0.25, -0.2) is 4.79 Å². The summed E-state index contributed by atoms with van der Waals surface area (Å²) < 4.78 is 0. The molecule has 0 fully saturated rings. The summed E-state index contributed by atoms with van der Waals surface area (Å²) in [6.45, 7) is 5.68. The fraction of sp³-hybridized carbons (Fsp3) is 0.727. The van der Waals surface area contributed by atoms with Gasteiger partial charge in [0, 0.05) is 25.0 Å². The SMILES string of the molecule is CC(C)(C)N(CCC(=O)O)C(=O)NCCC(N)=O. The highest BCUT2D eigenvalue weighted by Gasteiger charge is 2.26. The van der Waals surface area contributed by atoms with E-state index >= 15 is 0 Å². The molecule has 104 valence electrons. The number of aliphatic carboxylic acids is 1. The molecule has 0 radical (unpaired) electrons. The molecular formula is C11H21N3O4. The first-order valence-electron chi connectivity index (χ1n) is 5.70. The predicted octanol–water partition coefficient (Wildman–Crippen LogP) is 0.147. The summed E-state index contributed by atoms with van der Waals surface area (Å²) >= 11 is 0. The normalized spacial score (nSPS) is 10.8. The van der Waals surface area contributed by atoms with Gasteiger partial charge in [0.05, 0.1) is 6.42 Å². The highest BCUT2D eigenvalue weighted by molar-refractivity contribution is 5.78. The molecule has 3 amide bonds. The van der Waals surface area contributed by atoms with Gasteiger partial charge in [0.15, 0.2) is 0 Å². The molecule has 0 aromatic heterocycles. The highest BCUT2D eigenvalue weighted by atomic mass is 16.4. The molecule has 0 heterocycles. The quantitative estimate of drug-likeness (QED) is 0.630. The van der Waals surface area contributed by atoms with E-state index in [-0.39, 0.29) is 25.9 Å². The van der Waals surface area contributed by atoms with Gasteiger partial charge in [-0.1, -0.05) is 0 Å². The average molecular weight is 259 g/mol. The zero-order valence-electron chi connectivity index (χ0n) is 11.0. The first-order valence-corrected chi connectivity index (χ1v) is 5.70. The van der Waals surface area contributed by atoms with Gasteiger partial charge < -0.3 is 21.1 Å². The largest absolute Gasteiger partial charge is 0.481 e. The standard InChI is InChI=1S/C11H21N3O4/c1-11(2,3)14(7-5-9(16)17)10(18)13-6-4-8(12)15/h4-7H2,1-3H3,(H2,12,15)(H,13,18)(H,16,17). The summed E-state index contributed by atoms with van der Waals surface area (Å²) in [5.74, 6) is -1.46. The van der Waals surface area contributed by atoms with Crippen LogP contribution in [0.1, 0.15) is 33.6 Å². The fourth-order valence-corrected chi connectivity index (χ4v) is 1.34. The van der Waals surface area contributed by atoms with Crippen molar-refractivity contribution in [2.75, 3.05) is 13.1 Å². The van der Waals surface area contributed by atoms with Gasteiger partial charge in [0.25, 0.3) is 0 Å². The number of hydrogen-bond acceptors (Lipinski definition) is 3. The molecule has 0 unspecified atom stereocenters. The van der Waals surface area contributed by atoms with Crippen molar-refractivity contribution >= 4 is 17.9 Å². The predicted molar refractivity (Wildman–Crippen MR) is 65.9 cm³/mol. The van der Waals surface area contributed by atoms with E-state index in [9.17, 15) is 14.4 Å². The van der Waals surface area contributed by atoms with Crippen LogP contribution < -0.4 is 11.1 Å². The molecule has 0 rings (SSSR count). The van der Waals surface area contributed by atoms with E-state index in [1.807, 2.05) is 20.8 Å². The van der Waals surface area contributed by atoms with Crippen LogP contribution in [0.15, 0.2) is 0 Å². The molecule has 0 aliphatic heterocycles. The molecule has 4 N–H and O–H groups in total. The Morgan fingerprint density at radius 1 is 1.22 bits per heavy atom. The molecule has 18 heavy (non-hydrogen) atoms. The van der Waals surface area contributed by atoms with Gasteiger partial charge in [-0.05, 0) is 20.8 Å².